The molecule has 0 bridgehead atoms. The van der Waals surface area contributed by atoms with Gasteiger partial charge in [-0.2, -0.15) is 11.8 Å². The molecule has 0 saturated heterocycles. The van der Waals surface area contributed by atoms with Crippen molar-refractivity contribution in [3.8, 4) is 0 Å². The fourth-order valence-electron chi connectivity index (χ4n) is 1.58. The van der Waals surface area contributed by atoms with Crippen molar-refractivity contribution in [3.63, 3.8) is 0 Å². The number of anilines is 2. The Hall–Kier alpha value is -1.36. The summed E-state index contributed by atoms with van der Waals surface area (Å²) in [6.07, 6.45) is 3.10. The van der Waals surface area contributed by atoms with Gasteiger partial charge in [0.25, 0.3) is 0 Å². The average Bonchev–Trinajstić information content (AvgIpc) is 2.36. The summed E-state index contributed by atoms with van der Waals surface area (Å²) in [5.41, 5.74) is 7.65. The van der Waals surface area contributed by atoms with Gasteiger partial charge < -0.3 is 15.8 Å². The van der Waals surface area contributed by atoms with Crippen LogP contribution in [0.25, 0.3) is 0 Å². The molecule has 0 spiro atoms. The van der Waals surface area contributed by atoms with Gasteiger partial charge in [-0.15, -0.1) is 0 Å². The van der Waals surface area contributed by atoms with Crippen LogP contribution in [-0.2, 0) is 4.74 Å². The first-order chi connectivity index (χ1) is 8.70. The molecule has 0 radical (unpaired) electrons. The van der Waals surface area contributed by atoms with Gasteiger partial charge >= 0.3 is 5.97 Å². The second-order valence-corrected chi connectivity index (χ2v) is 4.75. The smallest absolute Gasteiger partial charge is 0.340 e. The molecule has 1 rings (SSSR count). The van der Waals surface area contributed by atoms with Crippen molar-refractivity contribution >= 4 is 29.1 Å². The van der Waals surface area contributed by atoms with E-state index in [9.17, 15) is 4.79 Å². The molecule has 0 fully saturated rings. The van der Waals surface area contributed by atoms with Crippen LogP contribution in [0.5, 0.6) is 0 Å². The predicted octanol–water partition coefficient (Wildman–Crippen LogP) is 2.61. The van der Waals surface area contributed by atoms with E-state index in [2.05, 4.69) is 11.6 Å². The lowest BCUT2D eigenvalue weighted by molar-refractivity contribution is 0.0527. The number of nitrogen functional groups attached to an aromatic ring is 1. The molecule has 0 aliphatic heterocycles. The van der Waals surface area contributed by atoms with E-state index in [1.165, 1.54) is 0 Å². The highest BCUT2D eigenvalue weighted by Gasteiger charge is 2.14. The van der Waals surface area contributed by atoms with Crippen LogP contribution in [0.2, 0.25) is 0 Å². The van der Waals surface area contributed by atoms with Gasteiger partial charge in [-0.3, -0.25) is 0 Å². The molecule has 0 aromatic heterocycles. The molecule has 0 heterocycles. The number of ether oxygens (including phenoxy) is 1. The fraction of sp³-hybridized carbons (Fsp3) is 0.462. The number of para-hydroxylation sites is 1. The van der Waals surface area contributed by atoms with Gasteiger partial charge in [0, 0.05) is 6.54 Å². The topological polar surface area (TPSA) is 64.3 Å². The number of benzene rings is 1. The molecular weight excluding hydrogens is 248 g/mol. The van der Waals surface area contributed by atoms with Crippen LogP contribution in [0.4, 0.5) is 11.4 Å². The van der Waals surface area contributed by atoms with Gasteiger partial charge in [-0.05, 0) is 37.5 Å². The quantitative estimate of drug-likeness (QED) is 0.452. The molecule has 1 aromatic carbocycles. The number of hydrogen-bond acceptors (Lipinski definition) is 5. The third kappa shape index (κ3) is 4.14. The minimum Gasteiger partial charge on any atom is -0.462 e. The van der Waals surface area contributed by atoms with E-state index in [0.717, 1.165) is 18.7 Å². The van der Waals surface area contributed by atoms with Crippen LogP contribution in [0, 0.1) is 0 Å². The van der Waals surface area contributed by atoms with Crippen molar-refractivity contribution in [3.05, 3.63) is 23.8 Å². The number of nitrogens with two attached hydrogens (primary N) is 1. The zero-order valence-electron chi connectivity index (χ0n) is 10.9. The highest BCUT2D eigenvalue weighted by atomic mass is 32.2. The van der Waals surface area contributed by atoms with Gasteiger partial charge in [-0.25, -0.2) is 4.79 Å². The molecular formula is C13H20N2O2S. The highest BCUT2D eigenvalue weighted by molar-refractivity contribution is 7.98. The lowest BCUT2D eigenvalue weighted by Crippen LogP contribution is -2.12. The van der Waals surface area contributed by atoms with Gasteiger partial charge in [0.05, 0.1) is 23.5 Å². The molecule has 3 N–H and O–H groups in total. The van der Waals surface area contributed by atoms with Crippen LogP contribution < -0.4 is 11.1 Å². The maximum atomic E-state index is 11.8. The third-order valence-electron chi connectivity index (χ3n) is 2.42. The molecule has 0 aliphatic rings. The molecule has 100 valence electrons. The molecule has 1 aromatic rings. The van der Waals surface area contributed by atoms with Crippen molar-refractivity contribution < 1.29 is 9.53 Å². The Morgan fingerprint density at radius 2 is 2.28 bits per heavy atom. The zero-order valence-corrected chi connectivity index (χ0v) is 11.7. The Morgan fingerprint density at radius 3 is 2.94 bits per heavy atom. The summed E-state index contributed by atoms with van der Waals surface area (Å²) in [5, 5.41) is 3.22. The number of rotatable bonds is 7. The predicted molar refractivity (Wildman–Crippen MR) is 78.3 cm³/mol. The minimum atomic E-state index is -0.336. The lowest BCUT2D eigenvalue weighted by Gasteiger charge is -2.13. The first-order valence-electron chi connectivity index (χ1n) is 5.99. The number of carbonyl (C=O) groups is 1. The molecule has 0 amide bonds. The van der Waals surface area contributed by atoms with Gasteiger partial charge in [0.1, 0.15) is 0 Å². The summed E-state index contributed by atoms with van der Waals surface area (Å²) >= 11 is 1.80. The van der Waals surface area contributed by atoms with Crippen LogP contribution in [0.1, 0.15) is 23.7 Å². The summed E-state index contributed by atoms with van der Waals surface area (Å²) in [6, 6.07) is 5.26. The second-order valence-electron chi connectivity index (χ2n) is 3.76. The van der Waals surface area contributed by atoms with Crippen molar-refractivity contribution in [1.82, 2.24) is 0 Å². The number of nitrogens with one attached hydrogen (secondary N) is 1. The normalized spacial score (nSPS) is 10.1. The molecule has 0 saturated carbocycles. The standard InChI is InChI=1S/C13H20N2O2S/c1-3-17-13(16)10-6-4-7-11(14)12(10)15-8-5-9-18-2/h4,6-7,15H,3,5,8-9,14H2,1-2H3. The largest absolute Gasteiger partial charge is 0.462 e. The van der Waals surface area contributed by atoms with Crippen LogP contribution in [0.3, 0.4) is 0 Å². The molecule has 0 aliphatic carbocycles. The molecule has 5 heteroatoms. The van der Waals surface area contributed by atoms with Crippen molar-refractivity contribution in [2.24, 2.45) is 0 Å². The fourth-order valence-corrected chi connectivity index (χ4v) is 2.01. The Kier molecular flexibility index (Phi) is 6.43. The van der Waals surface area contributed by atoms with E-state index in [1.54, 1.807) is 36.9 Å². The van der Waals surface area contributed by atoms with Gasteiger partial charge in [0.2, 0.25) is 0 Å². The SMILES string of the molecule is CCOC(=O)c1cccc(N)c1NCCCSC. The molecule has 18 heavy (non-hydrogen) atoms. The average molecular weight is 268 g/mol. The van der Waals surface area contributed by atoms with E-state index in [0.29, 0.717) is 23.5 Å². The van der Waals surface area contributed by atoms with E-state index in [1.807, 2.05) is 0 Å². The van der Waals surface area contributed by atoms with Crippen molar-refractivity contribution in [2.75, 3.05) is 36.2 Å². The zero-order chi connectivity index (χ0) is 13.4. The van der Waals surface area contributed by atoms with Crippen molar-refractivity contribution in [1.29, 1.82) is 0 Å². The van der Waals surface area contributed by atoms with E-state index in [4.69, 9.17) is 10.5 Å². The molecule has 0 atom stereocenters. The lowest BCUT2D eigenvalue weighted by atomic mass is 10.1. The maximum Gasteiger partial charge on any atom is 0.340 e. The summed E-state index contributed by atoms with van der Waals surface area (Å²) in [5.74, 6) is 0.742. The summed E-state index contributed by atoms with van der Waals surface area (Å²) in [4.78, 5) is 11.8. The first-order valence-corrected chi connectivity index (χ1v) is 7.38. The summed E-state index contributed by atoms with van der Waals surface area (Å²) < 4.78 is 5.01. The number of esters is 1. The maximum absolute atomic E-state index is 11.8. The third-order valence-corrected chi connectivity index (χ3v) is 3.12. The second kappa shape index (κ2) is 7.87. The molecule has 4 nitrogen and oxygen atoms in total. The van der Waals surface area contributed by atoms with E-state index in [-0.39, 0.29) is 5.97 Å². The van der Waals surface area contributed by atoms with Crippen molar-refractivity contribution in [2.45, 2.75) is 13.3 Å². The van der Waals surface area contributed by atoms with Crippen LogP contribution in [0.15, 0.2) is 18.2 Å². The number of hydrogen-bond donors (Lipinski definition) is 2. The van der Waals surface area contributed by atoms with Crippen LogP contribution in [-0.4, -0.2) is 31.1 Å². The van der Waals surface area contributed by atoms with Gasteiger partial charge in [0.15, 0.2) is 0 Å². The van der Waals surface area contributed by atoms with Crippen LogP contribution >= 0.6 is 11.8 Å². The van der Waals surface area contributed by atoms with E-state index >= 15 is 0 Å². The minimum absolute atomic E-state index is 0.336. The van der Waals surface area contributed by atoms with E-state index < -0.39 is 0 Å². The highest BCUT2D eigenvalue weighted by Crippen LogP contribution is 2.24. The Labute approximate surface area is 112 Å². The molecule has 0 unspecified atom stereocenters. The summed E-state index contributed by atoms with van der Waals surface area (Å²) in [7, 11) is 0. The summed E-state index contributed by atoms with van der Waals surface area (Å²) in [6.45, 7) is 2.94. The Balaban J connectivity index is 2.77. The number of carbonyl (C=O) groups excluding carboxylic acids is 1. The van der Waals surface area contributed by atoms with Gasteiger partial charge in [-0.1, -0.05) is 6.07 Å². The monoisotopic (exact) mass is 268 g/mol. The Morgan fingerprint density at radius 1 is 1.50 bits per heavy atom. The first kappa shape index (κ1) is 14.7. The Bertz CT molecular complexity index is 397. The number of thioether (sulfide) groups is 1.